The number of hydrogen-bond acceptors (Lipinski definition) is 8. The molecule has 2 saturated heterocycles. The summed E-state index contributed by atoms with van der Waals surface area (Å²) in [5.74, 6) is 2.25. The van der Waals surface area contributed by atoms with Gasteiger partial charge < -0.3 is 4.90 Å². The molecule has 0 amide bonds. The number of hydrogen-bond donors (Lipinski definition) is 2. The van der Waals surface area contributed by atoms with Gasteiger partial charge in [0.15, 0.2) is 11.5 Å². The fourth-order valence-corrected chi connectivity index (χ4v) is 6.46. The first-order valence-electron chi connectivity index (χ1n) is 9.92. The van der Waals surface area contributed by atoms with Gasteiger partial charge in [0.2, 0.25) is 10.0 Å². The number of aromatic nitrogens is 4. The lowest BCUT2D eigenvalue weighted by atomic mass is 10.2. The van der Waals surface area contributed by atoms with Gasteiger partial charge in [0.25, 0.3) is 0 Å². The summed E-state index contributed by atoms with van der Waals surface area (Å²) in [6, 6.07) is 3.65. The van der Waals surface area contributed by atoms with Crippen molar-refractivity contribution in [3.63, 3.8) is 0 Å². The average molecular weight is 407 g/mol. The van der Waals surface area contributed by atoms with Crippen molar-refractivity contribution in [1.29, 1.82) is 0 Å². The van der Waals surface area contributed by atoms with Crippen LogP contribution in [0.15, 0.2) is 12.1 Å². The van der Waals surface area contributed by atoms with Crippen LogP contribution in [0.4, 0.5) is 5.82 Å². The van der Waals surface area contributed by atoms with Crippen LogP contribution in [0.2, 0.25) is 0 Å². The van der Waals surface area contributed by atoms with Crippen LogP contribution in [-0.2, 0) is 10.0 Å². The highest BCUT2D eigenvalue weighted by molar-refractivity contribution is 7.89. The predicted octanol–water partition coefficient (Wildman–Crippen LogP) is -0.293. The number of nitrogens with zero attached hydrogens (tertiary/aromatic N) is 6. The molecule has 4 heterocycles. The molecule has 5 rings (SSSR count). The Morgan fingerprint density at radius 1 is 1.00 bits per heavy atom. The number of piperazine rings is 1. The highest BCUT2D eigenvalue weighted by Crippen LogP contribution is 2.38. The summed E-state index contributed by atoms with van der Waals surface area (Å²) in [6.45, 7) is 5.99. The van der Waals surface area contributed by atoms with Crippen LogP contribution in [0.3, 0.4) is 0 Å². The van der Waals surface area contributed by atoms with E-state index in [0.717, 1.165) is 30.1 Å². The largest absolute Gasteiger partial charge is 0.353 e. The number of sulfonamides is 1. The van der Waals surface area contributed by atoms with Crippen LogP contribution in [0.1, 0.15) is 38.4 Å². The fraction of sp³-hybridized carbons (Fsp3) is 0.706. The Kier molecular flexibility index (Phi) is 4.30. The first kappa shape index (κ1) is 18.2. The molecule has 0 radical (unpaired) electrons. The molecule has 3 aliphatic rings. The summed E-state index contributed by atoms with van der Waals surface area (Å²) >= 11 is 0. The van der Waals surface area contributed by atoms with E-state index in [4.69, 9.17) is 5.10 Å². The Balaban J connectivity index is 1.32. The minimum atomic E-state index is -3.37. The Hall–Kier alpha value is -1.82. The number of nitrogens with one attached hydrogen (secondary N) is 2. The Bertz CT molecular complexity index is 970. The standard InChI is InChI=1S/C17H26N8O2S/c1-11-16(12(2)19-18-11)28(26,27)24-9-7-23(8-10-24)15-6-5-14-20-21-17(13-3-4-13)25(14)22-15/h5-6,11-13,16,18-19H,3-4,7-10H2,1-2H3. The maximum absolute atomic E-state index is 13.1. The second kappa shape index (κ2) is 6.61. The number of fused-ring (bicyclic) bond motifs is 1. The summed E-state index contributed by atoms with van der Waals surface area (Å²) in [5, 5.41) is 12.8. The summed E-state index contributed by atoms with van der Waals surface area (Å²) in [4.78, 5) is 2.14. The summed E-state index contributed by atoms with van der Waals surface area (Å²) in [5.41, 5.74) is 6.84. The van der Waals surface area contributed by atoms with Gasteiger partial charge in [-0.15, -0.1) is 15.3 Å². The molecule has 1 saturated carbocycles. The van der Waals surface area contributed by atoms with Gasteiger partial charge in [-0.1, -0.05) is 0 Å². The average Bonchev–Trinajstić information content (AvgIpc) is 3.35. The molecule has 0 spiro atoms. The third kappa shape index (κ3) is 2.97. The van der Waals surface area contributed by atoms with E-state index in [1.165, 1.54) is 0 Å². The van der Waals surface area contributed by atoms with Gasteiger partial charge >= 0.3 is 0 Å². The van der Waals surface area contributed by atoms with E-state index in [9.17, 15) is 8.42 Å². The van der Waals surface area contributed by atoms with Gasteiger partial charge in [-0.2, -0.15) is 8.82 Å². The zero-order valence-corrected chi connectivity index (χ0v) is 16.9. The molecule has 2 aromatic rings. The van der Waals surface area contributed by atoms with E-state index in [-0.39, 0.29) is 12.1 Å². The second-order valence-corrected chi connectivity index (χ2v) is 10.1. The smallest absolute Gasteiger partial charge is 0.220 e. The zero-order chi connectivity index (χ0) is 19.5. The molecule has 2 atom stereocenters. The van der Waals surface area contributed by atoms with E-state index in [1.807, 2.05) is 30.5 Å². The highest BCUT2D eigenvalue weighted by Gasteiger charge is 2.44. The number of hydrazine groups is 1. The van der Waals surface area contributed by atoms with E-state index < -0.39 is 15.3 Å². The third-order valence-corrected chi connectivity index (χ3v) is 8.60. The topological polar surface area (TPSA) is 108 Å². The van der Waals surface area contributed by atoms with Crippen LogP contribution >= 0.6 is 0 Å². The lowest BCUT2D eigenvalue weighted by Crippen LogP contribution is -2.54. The minimum Gasteiger partial charge on any atom is -0.353 e. The maximum atomic E-state index is 13.1. The third-order valence-electron chi connectivity index (χ3n) is 6.01. The van der Waals surface area contributed by atoms with Gasteiger partial charge in [-0.3, -0.25) is 10.9 Å². The van der Waals surface area contributed by atoms with Crippen LogP contribution in [0.5, 0.6) is 0 Å². The summed E-state index contributed by atoms with van der Waals surface area (Å²) < 4.78 is 29.7. The van der Waals surface area contributed by atoms with E-state index in [2.05, 4.69) is 25.9 Å². The molecule has 0 aromatic carbocycles. The van der Waals surface area contributed by atoms with Crippen LogP contribution < -0.4 is 15.8 Å². The molecule has 0 bridgehead atoms. The van der Waals surface area contributed by atoms with Crippen LogP contribution in [-0.4, -0.2) is 76.0 Å². The summed E-state index contributed by atoms with van der Waals surface area (Å²) in [7, 11) is -3.37. The van der Waals surface area contributed by atoms with Crippen LogP contribution in [0, 0.1) is 0 Å². The van der Waals surface area contributed by atoms with Crippen molar-refractivity contribution in [2.45, 2.75) is 49.9 Å². The van der Waals surface area contributed by atoms with E-state index >= 15 is 0 Å². The molecular formula is C17H26N8O2S. The monoisotopic (exact) mass is 406 g/mol. The van der Waals surface area contributed by atoms with Crippen LogP contribution in [0.25, 0.3) is 5.65 Å². The van der Waals surface area contributed by atoms with Gasteiger partial charge in [0, 0.05) is 44.2 Å². The van der Waals surface area contributed by atoms with Crippen molar-refractivity contribution in [3.05, 3.63) is 18.0 Å². The maximum Gasteiger partial charge on any atom is 0.220 e. The van der Waals surface area contributed by atoms with Crippen molar-refractivity contribution in [3.8, 4) is 0 Å². The SMILES string of the molecule is CC1NNC(C)C1S(=O)(=O)N1CCN(c2ccc3nnc(C4CC4)n3n2)CC1. The second-order valence-electron chi connectivity index (χ2n) is 8.06. The highest BCUT2D eigenvalue weighted by atomic mass is 32.2. The normalized spacial score (nSPS) is 29.6. The molecular weight excluding hydrogens is 380 g/mol. The van der Waals surface area contributed by atoms with Crippen molar-refractivity contribution >= 4 is 21.5 Å². The zero-order valence-electron chi connectivity index (χ0n) is 16.1. The first-order valence-corrected chi connectivity index (χ1v) is 11.4. The van der Waals surface area contributed by atoms with Crippen molar-refractivity contribution in [1.82, 2.24) is 35.0 Å². The molecule has 3 fully saturated rings. The van der Waals surface area contributed by atoms with Gasteiger partial charge in [-0.25, -0.2) is 8.42 Å². The molecule has 28 heavy (non-hydrogen) atoms. The molecule has 2 aliphatic heterocycles. The molecule has 10 nitrogen and oxygen atoms in total. The van der Waals surface area contributed by atoms with E-state index in [1.54, 1.807) is 4.31 Å². The number of rotatable bonds is 4. The van der Waals surface area contributed by atoms with Gasteiger partial charge in [0.1, 0.15) is 11.1 Å². The molecule has 152 valence electrons. The lowest BCUT2D eigenvalue weighted by Gasteiger charge is -2.36. The first-order chi connectivity index (χ1) is 13.4. The van der Waals surface area contributed by atoms with Crippen molar-refractivity contribution < 1.29 is 8.42 Å². The Morgan fingerprint density at radius 3 is 2.32 bits per heavy atom. The van der Waals surface area contributed by atoms with Crippen molar-refractivity contribution in [2.75, 3.05) is 31.1 Å². The van der Waals surface area contributed by atoms with Crippen molar-refractivity contribution in [2.24, 2.45) is 0 Å². The molecule has 2 aromatic heterocycles. The molecule has 2 N–H and O–H groups in total. The van der Waals surface area contributed by atoms with Gasteiger partial charge in [-0.05, 0) is 38.8 Å². The lowest BCUT2D eigenvalue weighted by molar-refractivity contribution is 0.373. The molecule has 11 heteroatoms. The quantitative estimate of drug-likeness (QED) is 0.713. The summed E-state index contributed by atoms with van der Waals surface area (Å²) in [6.07, 6.45) is 2.29. The minimum absolute atomic E-state index is 0.114. The molecule has 1 aliphatic carbocycles. The number of anilines is 1. The molecule has 2 unspecified atom stereocenters. The van der Waals surface area contributed by atoms with Gasteiger partial charge in [0.05, 0.1) is 0 Å². The predicted molar refractivity (Wildman–Crippen MR) is 104 cm³/mol. The Labute approximate surface area is 164 Å². The van der Waals surface area contributed by atoms with E-state index in [0.29, 0.717) is 32.1 Å². The fourth-order valence-electron chi connectivity index (χ4n) is 4.28. The Morgan fingerprint density at radius 2 is 1.68 bits per heavy atom.